The summed E-state index contributed by atoms with van der Waals surface area (Å²) in [6.45, 7) is 0. The fraction of sp³-hybridized carbons (Fsp3) is 0.143. The largest absolute Gasteiger partial charge is 0.507 e. The van der Waals surface area contributed by atoms with Crippen molar-refractivity contribution in [1.82, 2.24) is 9.97 Å². The third kappa shape index (κ3) is 3.12. The zero-order valence-corrected chi connectivity index (χ0v) is 15.0. The third-order valence-electron chi connectivity index (χ3n) is 4.93. The third-order valence-corrected chi connectivity index (χ3v) is 4.93. The van der Waals surface area contributed by atoms with Gasteiger partial charge in [-0.3, -0.25) is 5.41 Å². The van der Waals surface area contributed by atoms with Gasteiger partial charge in [0.1, 0.15) is 29.8 Å². The molecule has 138 valence electrons. The quantitative estimate of drug-likeness (QED) is 0.522. The number of nitriles is 1. The topological polar surface area (TPSA) is 132 Å². The van der Waals surface area contributed by atoms with Crippen LogP contribution in [-0.2, 0) is 12.8 Å². The number of benzene rings is 2. The predicted molar refractivity (Wildman–Crippen MR) is 106 cm³/mol. The average molecular weight is 370 g/mol. The lowest BCUT2D eigenvalue weighted by atomic mass is 10.0. The number of aromatic hydroxyl groups is 1. The Bertz CT molecular complexity index is 1090. The molecule has 0 aliphatic heterocycles. The van der Waals surface area contributed by atoms with Crippen molar-refractivity contribution in [3.05, 3.63) is 76.6 Å². The smallest absolute Gasteiger partial charge is 0.141 e. The van der Waals surface area contributed by atoms with Crippen molar-refractivity contribution >= 4 is 17.3 Å². The molecule has 0 amide bonds. The van der Waals surface area contributed by atoms with Crippen LogP contribution in [0, 0.1) is 16.7 Å². The molecule has 0 fully saturated rings. The van der Waals surface area contributed by atoms with Gasteiger partial charge in [-0.1, -0.05) is 30.3 Å². The van der Waals surface area contributed by atoms with Gasteiger partial charge in [-0.25, -0.2) is 9.97 Å². The molecule has 1 aliphatic rings. The summed E-state index contributed by atoms with van der Waals surface area (Å²) < 4.78 is 0. The minimum absolute atomic E-state index is 0.0795. The lowest BCUT2D eigenvalue weighted by Gasteiger charge is -2.17. The van der Waals surface area contributed by atoms with Crippen LogP contribution in [0.3, 0.4) is 0 Å². The van der Waals surface area contributed by atoms with E-state index < -0.39 is 0 Å². The molecule has 7 nitrogen and oxygen atoms in total. The molecule has 7 heteroatoms. The molecule has 0 atom stereocenters. The van der Waals surface area contributed by atoms with E-state index in [4.69, 9.17) is 16.4 Å². The number of phenols is 1. The first-order chi connectivity index (χ1) is 13.6. The molecular formula is C21H18N6O. The molecule has 0 radical (unpaired) electrons. The first-order valence-corrected chi connectivity index (χ1v) is 8.83. The molecule has 0 saturated carbocycles. The summed E-state index contributed by atoms with van der Waals surface area (Å²) >= 11 is 0. The number of hydrogen-bond acceptors (Lipinski definition) is 7. The van der Waals surface area contributed by atoms with E-state index in [2.05, 4.69) is 27.4 Å². The summed E-state index contributed by atoms with van der Waals surface area (Å²) in [4.78, 5) is 8.34. The van der Waals surface area contributed by atoms with E-state index in [0.29, 0.717) is 16.9 Å². The average Bonchev–Trinajstić information content (AvgIpc) is 3.10. The van der Waals surface area contributed by atoms with Crippen LogP contribution in [0.5, 0.6) is 5.75 Å². The van der Waals surface area contributed by atoms with Crippen molar-refractivity contribution in [1.29, 1.82) is 10.7 Å². The van der Waals surface area contributed by atoms with Crippen LogP contribution in [0.25, 0.3) is 0 Å². The monoisotopic (exact) mass is 370 g/mol. The van der Waals surface area contributed by atoms with Crippen molar-refractivity contribution in [3.8, 4) is 11.8 Å². The van der Waals surface area contributed by atoms with Crippen LogP contribution in [0.2, 0.25) is 0 Å². The number of nitrogens with one attached hydrogen (secondary N) is 2. The number of rotatable bonds is 4. The summed E-state index contributed by atoms with van der Waals surface area (Å²) in [6, 6.07) is 14.8. The van der Waals surface area contributed by atoms with Gasteiger partial charge in [-0.2, -0.15) is 5.26 Å². The summed E-state index contributed by atoms with van der Waals surface area (Å²) in [5.41, 5.74) is 9.70. The van der Waals surface area contributed by atoms with Crippen LogP contribution >= 0.6 is 0 Å². The number of nitrogen functional groups attached to an aromatic ring is 1. The molecule has 28 heavy (non-hydrogen) atoms. The fourth-order valence-corrected chi connectivity index (χ4v) is 3.54. The maximum Gasteiger partial charge on any atom is 0.141 e. The first-order valence-electron chi connectivity index (χ1n) is 8.83. The summed E-state index contributed by atoms with van der Waals surface area (Å²) in [7, 11) is 0. The van der Waals surface area contributed by atoms with Gasteiger partial charge in [0.05, 0.1) is 16.8 Å². The number of hydrogen-bond donors (Lipinski definition) is 4. The summed E-state index contributed by atoms with van der Waals surface area (Å²) in [5.74, 6) is 0.488. The number of fused-ring (bicyclic) bond motifs is 1. The van der Waals surface area contributed by atoms with Crippen molar-refractivity contribution < 1.29 is 5.11 Å². The normalized spacial score (nSPS) is 13.0. The van der Waals surface area contributed by atoms with Gasteiger partial charge in [-0.05, 0) is 36.1 Å². The van der Waals surface area contributed by atoms with Gasteiger partial charge in [0.25, 0.3) is 0 Å². The van der Waals surface area contributed by atoms with Crippen LogP contribution in [0.15, 0.2) is 48.8 Å². The Kier molecular flexibility index (Phi) is 4.38. The van der Waals surface area contributed by atoms with E-state index in [-0.39, 0.29) is 28.9 Å². The maximum absolute atomic E-state index is 9.96. The highest BCUT2D eigenvalue weighted by Crippen LogP contribution is 2.28. The number of anilines is 2. The van der Waals surface area contributed by atoms with Crippen molar-refractivity contribution in [3.63, 3.8) is 0 Å². The van der Waals surface area contributed by atoms with E-state index in [1.165, 1.54) is 29.6 Å². The Morgan fingerprint density at radius 2 is 1.89 bits per heavy atom. The fourth-order valence-electron chi connectivity index (χ4n) is 3.54. The van der Waals surface area contributed by atoms with Gasteiger partial charge >= 0.3 is 0 Å². The Labute approximate surface area is 162 Å². The second kappa shape index (κ2) is 7.00. The number of nitrogens with zero attached hydrogens (tertiary/aromatic N) is 3. The molecule has 1 aliphatic carbocycles. The molecule has 0 unspecified atom stereocenters. The van der Waals surface area contributed by atoms with Crippen LogP contribution < -0.4 is 11.1 Å². The highest BCUT2D eigenvalue weighted by Gasteiger charge is 2.24. The molecule has 0 bridgehead atoms. The van der Waals surface area contributed by atoms with Gasteiger partial charge < -0.3 is 16.2 Å². The summed E-state index contributed by atoms with van der Waals surface area (Å²) in [6.07, 6.45) is 3.10. The van der Waals surface area contributed by atoms with Gasteiger partial charge in [-0.15, -0.1) is 0 Å². The molecule has 5 N–H and O–H groups in total. The molecule has 0 saturated heterocycles. The number of aromatic nitrogens is 2. The Balaban J connectivity index is 1.64. The van der Waals surface area contributed by atoms with Crippen LogP contribution in [-0.4, -0.2) is 26.8 Å². The van der Waals surface area contributed by atoms with E-state index in [1.54, 1.807) is 6.07 Å². The predicted octanol–water partition coefficient (Wildman–Crippen LogP) is 2.63. The molecular weight excluding hydrogens is 352 g/mol. The van der Waals surface area contributed by atoms with Gasteiger partial charge in [0.15, 0.2) is 0 Å². The minimum Gasteiger partial charge on any atom is -0.507 e. The van der Waals surface area contributed by atoms with E-state index >= 15 is 0 Å². The van der Waals surface area contributed by atoms with Crippen molar-refractivity contribution in [2.45, 2.75) is 18.9 Å². The minimum atomic E-state index is -0.180. The zero-order chi connectivity index (χ0) is 19.7. The Morgan fingerprint density at radius 1 is 1.18 bits per heavy atom. The molecule has 1 aromatic heterocycles. The zero-order valence-electron chi connectivity index (χ0n) is 15.0. The second-order valence-electron chi connectivity index (χ2n) is 6.72. The Morgan fingerprint density at radius 3 is 2.54 bits per heavy atom. The summed E-state index contributed by atoms with van der Waals surface area (Å²) in [5, 5.41) is 30.9. The van der Waals surface area contributed by atoms with E-state index in [9.17, 15) is 5.11 Å². The molecule has 2 aromatic carbocycles. The van der Waals surface area contributed by atoms with Crippen LogP contribution in [0.1, 0.15) is 27.8 Å². The molecule has 4 rings (SSSR count). The standard InChI is InChI=1S/C21H18N6O/c22-10-15-6-5-14(9-17(15)28)19(23)18-20(24)25-11-26-21(18)27-16-7-12-3-1-2-4-13(12)8-16/h1-6,9,11,16,23,28H,7-8H2,(H3,24,25,26,27). The highest BCUT2D eigenvalue weighted by atomic mass is 16.3. The van der Waals surface area contributed by atoms with E-state index in [1.807, 2.05) is 18.2 Å². The molecule has 0 spiro atoms. The first kappa shape index (κ1) is 17.5. The molecule has 1 heterocycles. The van der Waals surface area contributed by atoms with Gasteiger partial charge in [0.2, 0.25) is 0 Å². The second-order valence-corrected chi connectivity index (χ2v) is 6.72. The van der Waals surface area contributed by atoms with Crippen molar-refractivity contribution in [2.75, 3.05) is 11.1 Å². The van der Waals surface area contributed by atoms with Crippen LogP contribution in [0.4, 0.5) is 11.6 Å². The lowest BCUT2D eigenvalue weighted by molar-refractivity contribution is 0.473. The molecule has 3 aromatic rings. The van der Waals surface area contributed by atoms with E-state index in [0.717, 1.165) is 12.8 Å². The van der Waals surface area contributed by atoms with Gasteiger partial charge in [0, 0.05) is 11.6 Å². The Hall–Kier alpha value is -3.92. The maximum atomic E-state index is 9.96. The van der Waals surface area contributed by atoms with Crippen molar-refractivity contribution in [2.24, 2.45) is 0 Å². The lowest BCUT2D eigenvalue weighted by Crippen LogP contribution is -2.23. The highest BCUT2D eigenvalue weighted by molar-refractivity contribution is 6.16. The SMILES string of the molecule is N#Cc1ccc(C(=N)c2c(N)ncnc2NC2Cc3ccccc3C2)cc1O. The number of nitrogens with two attached hydrogens (primary N) is 1. The number of phenolic OH excluding ortho intramolecular Hbond substituents is 1.